The summed E-state index contributed by atoms with van der Waals surface area (Å²) in [5, 5.41) is 0. The lowest BCUT2D eigenvalue weighted by Crippen LogP contribution is -2.40. The van der Waals surface area contributed by atoms with E-state index < -0.39 is 35.2 Å². The van der Waals surface area contributed by atoms with E-state index in [2.05, 4.69) is 0 Å². The molecule has 118 valence electrons. The minimum absolute atomic E-state index is 0.0236. The standard InChI is InChI=1S/C15H22O6/c1-5-20-13(18)9-6-7-11(16)10(8-9)12(17)14(19)21-15(2,3)4/h9-10H,5-8H2,1-4H3. The molecule has 2 unspecified atom stereocenters. The molecule has 0 radical (unpaired) electrons. The van der Waals surface area contributed by atoms with Crippen LogP contribution in [0.15, 0.2) is 0 Å². The van der Waals surface area contributed by atoms with E-state index in [1.807, 2.05) is 0 Å². The summed E-state index contributed by atoms with van der Waals surface area (Å²) in [6, 6.07) is 0. The van der Waals surface area contributed by atoms with E-state index in [0.29, 0.717) is 6.42 Å². The largest absolute Gasteiger partial charge is 0.466 e. The van der Waals surface area contributed by atoms with Gasteiger partial charge in [0.05, 0.1) is 18.4 Å². The summed E-state index contributed by atoms with van der Waals surface area (Å²) in [5.41, 5.74) is -0.801. The summed E-state index contributed by atoms with van der Waals surface area (Å²) >= 11 is 0. The summed E-state index contributed by atoms with van der Waals surface area (Å²) in [5.74, 6) is -4.24. The van der Waals surface area contributed by atoms with Crippen LogP contribution in [0.4, 0.5) is 0 Å². The van der Waals surface area contributed by atoms with E-state index in [4.69, 9.17) is 9.47 Å². The molecule has 1 fully saturated rings. The van der Waals surface area contributed by atoms with Crippen molar-refractivity contribution in [3.8, 4) is 0 Å². The third-order valence-electron chi connectivity index (χ3n) is 3.18. The lowest BCUT2D eigenvalue weighted by atomic mass is 9.78. The topological polar surface area (TPSA) is 86.7 Å². The molecule has 0 bridgehead atoms. The molecular formula is C15H22O6. The number of carbonyl (C=O) groups excluding carboxylic acids is 4. The molecule has 2 atom stereocenters. The Morgan fingerprint density at radius 1 is 1.24 bits per heavy atom. The normalized spacial score (nSPS) is 22.6. The van der Waals surface area contributed by atoms with E-state index in [1.165, 1.54) is 0 Å². The summed E-state index contributed by atoms with van der Waals surface area (Å²) in [7, 11) is 0. The van der Waals surface area contributed by atoms with Gasteiger partial charge in [-0.05, 0) is 40.5 Å². The third-order valence-corrected chi connectivity index (χ3v) is 3.18. The number of ketones is 2. The predicted octanol–water partition coefficient (Wildman–Crippen LogP) is 1.45. The summed E-state index contributed by atoms with van der Waals surface area (Å²) < 4.78 is 9.90. The Morgan fingerprint density at radius 2 is 1.86 bits per heavy atom. The maximum Gasteiger partial charge on any atom is 0.375 e. The summed E-state index contributed by atoms with van der Waals surface area (Å²) in [6.45, 7) is 6.86. The number of rotatable bonds is 4. The Kier molecular flexibility index (Phi) is 5.63. The molecule has 21 heavy (non-hydrogen) atoms. The maximum absolute atomic E-state index is 12.1. The molecule has 6 nitrogen and oxygen atoms in total. The molecule has 0 heterocycles. The van der Waals surface area contributed by atoms with E-state index in [0.717, 1.165) is 0 Å². The average molecular weight is 298 g/mol. The minimum Gasteiger partial charge on any atom is -0.466 e. The second-order valence-electron chi connectivity index (χ2n) is 6.11. The Balaban J connectivity index is 2.75. The van der Waals surface area contributed by atoms with Crippen molar-refractivity contribution < 1.29 is 28.7 Å². The van der Waals surface area contributed by atoms with Crippen molar-refractivity contribution in [2.24, 2.45) is 11.8 Å². The van der Waals surface area contributed by atoms with E-state index in [-0.39, 0.29) is 25.2 Å². The fourth-order valence-corrected chi connectivity index (χ4v) is 2.22. The number of ether oxygens (including phenoxy) is 2. The van der Waals surface area contributed by atoms with Crippen LogP contribution in [0.3, 0.4) is 0 Å². The van der Waals surface area contributed by atoms with Crippen molar-refractivity contribution in [1.29, 1.82) is 0 Å². The molecule has 1 rings (SSSR count). The molecule has 0 spiro atoms. The number of hydrogen-bond donors (Lipinski definition) is 0. The van der Waals surface area contributed by atoms with Gasteiger partial charge in [0.25, 0.3) is 0 Å². The van der Waals surface area contributed by atoms with Crippen LogP contribution in [0.2, 0.25) is 0 Å². The van der Waals surface area contributed by atoms with Crippen molar-refractivity contribution >= 4 is 23.5 Å². The van der Waals surface area contributed by atoms with Crippen molar-refractivity contribution in [2.75, 3.05) is 6.61 Å². The van der Waals surface area contributed by atoms with Gasteiger partial charge in [-0.1, -0.05) is 0 Å². The van der Waals surface area contributed by atoms with Gasteiger partial charge in [0.15, 0.2) is 0 Å². The molecule has 0 N–H and O–H groups in total. The van der Waals surface area contributed by atoms with Crippen LogP contribution in [-0.4, -0.2) is 35.7 Å². The van der Waals surface area contributed by atoms with E-state index in [1.54, 1.807) is 27.7 Å². The molecule has 0 aromatic rings. The van der Waals surface area contributed by atoms with Crippen LogP contribution in [0.5, 0.6) is 0 Å². The van der Waals surface area contributed by atoms with E-state index >= 15 is 0 Å². The molecule has 0 aromatic carbocycles. The van der Waals surface area contributed by atoms with Crippen molar-refractivity contribution in [2.45, 2.75) is 52.6 Å². The highest BCUT2D eigenvalue weighted by Gasteiger charge is 2.41. The first-order chi connectivity index (χ1) is 9.65. The smallest absolute Gasteiger partial charge is 0.375 e. The Bertz CT molecular complexity index is 446. The van der Waals surface area contributed by atoms with Gasteiger partial charge in [0, 0.05) is 6.42 Å². The first kappa shape index (κ1) is 17.3. The highest BCUT2D eigenvalue weighted by Crippen LogP contribution is 2.29. The third kappa shape index (κ3) is 4.95. The van der Waals surface area contributed by atoms with Gasteiger partial charge < -0.3 is 9.47 Å². The highest BCUT2D eigenvalue weighted by atomic mass is 16.6. The first-order valence-corrected chi connectivity index (χ1v) is 7.12. The van der Waals surface area contributed by atoms with Crippen LogP contribution in [-0.2, 0) is 28.7 Å². The van der Waals surface area contributed by atoms with Gasteiger partial charge in [-0.25, -0.2) is 4.79 Å². The van der Waals surface area contributed by atoms with Crippen LogP contribution in [0.1, 0.15) is 47.0 Å². The molecule has 0 aliphatic heterocycles. The van der Waals surface area contributed by atoms with Crippen molar-refractivity contribution in [1.82, 2.24) is 0 Å². The SMILES string of the molecule is CCOC(=O)C1CCC(=O)C(C(=O)C(=O)OC(C)(C)C)C1. The van der Waals surface area contributed by atoms with E-state index in [9.17, 15) is 19.2 Å². The van der Waals surface area contributed by atoms with Crippen LogP contribution in [0, 0.1) is 11.8 Å². The Labute approximate surface area is 124 Å². The Hall–Kier alpha value is -1.72. The zero-order valence-corrected chi connectivity index (χ0v) is 12.9. The van der Waals surface area contributed by atoms with Gasteiger partial charge in [-0.2, -0.15) is 0 Å². The lowest BCUT2D eigenvalue weighted by molar-refractivity contribution is -0.166. The number of hydrogen-bond acceptors (Lipinski definition) is 6. The molecular weight excluding hydrogens is 276 g/mol. The van der Waals surface area contributed by atoms with Crippen LogP contribution >= 0.6 is 0 Å². The molecule has 0 saturated heterocycles. The lowest BCUT2D eigenvalue weighted by Gasteiger charge is -2.26. The molecule has 0 amide bonds. The van der Waals surface area contributed by atoms with Gasteiger partial charge >= 0.3 is 11.9 Å². The fourth-order valence-electron chi connectivity index (χ4n) is 2.22. The molecule has 0 aromatic heterocycles. The molecule has 1 saturated carbocycles. The number of carbonyl (C=O) groups is 4. The highest BCUT2D eigenvalue weighted by molar-refractivity contribution is 6.38. The minimum atomic E-state index is -1.09. The fraction of sp³-hybridized carbons (Fsp3) is 0.733. The first-order valence-electron chi connectivity index (χ1n) is 7.12. The zero-order valence-electron chi connectivity index (χ0n) is 12.9. The van der Waals surface area contributed by atoms with Crippen molar-refractivity contribution in [3.63, 3.8) is 0 Å². The Morgan fingerprint density at radius 3 is 2.38 bits per heavy atom. The quantitative estimate of drug-likeness (QED) is 0.443. The average Bonchev–Trinajstić information content (AvgIpc) is 2.36. The van der Waals surface area contributed by atoms with Gasteiger partial charge in [0.2, 0.25) is 5.78 Å². The predicted molar refractivity (Wildman–Crippen MR) is 73.3 cm³/mol. The van der Waals surface area contributed by atoms with Gasteiger partial charge in [-0.15, -0.1) is 0 Å². The van der Waals surface area contributed by atoms with Crippen LogP contribution in [0.25, 0.3) is 0 Å². The molecule has 1 aliphatic carbocycles. The summed E-state index contributed by atoms with van der Waals surface area (Å²) in [6.07, 6.45) is 0.480. The second-order valence-corrected chi connectivity index (χ2v) is 6.11. The van der Waals surface area contributed by atoms with Gasteiger partial charge in [0.1, 0.15) is 11.4 Å². The van der Waals surface area contributed by atoms with Gasteiger partial charge in [-0.3, -0.25) is 14.4 Å². The monoisotopic (exact) mass is 298 g/mol. The number of Topliss-reactive ketones (excluding diaryl/α,β-unsaturated/α-hetero) is 2. The molecule has 1 aliphatic rings. The number of esters is 2. The van der Waals surface area contributed by atoms with Crippen LogP contribution < -0.4 is 0 Å². The summed E-state index contributed by atoms with van der Waals surface area (Å²) in [4.78, 5) is 47.4. The zero-order chi connectivity index (χ0) is 16.2. The second kappa shape index (κ2) is 6.83. The van der Waals surface area contributed by atoms with Crippen molar-refractivity contribution in [3.05, 3.63) is 0 Å². The molecule has 6 heteroatoms. The maximum atomic E-state index is 12.1.